The van der Waals surface area contributed by atoms with Gasteiger partial charge in [-0.15, -0.1) is 10.2 Å². The SMILES string of the molecule is CC1(C)CC(CN2C[C@H]3CC(Nc4ccc(-c5cc(F)ccc5Cl)nn4)C[C@H]3C2)CCO1. The minimum atomic E-state index is -0.333. The number of hydrogen-bond acceptors (Lipinski definition) is 5. The normalized spacial score (nSPS) is 29.8. The summed E-state index contributed by atoms with van der Waals surface area (Å²) in [4.78, 5) is 2.69. The third kappa shape index (κ3) is 4.92. The van der Waals surface area contributed by atoms with Gasteiger partial charge in [0, 0.05) is 37.8 Å². The van der Waals surface area contributed by atoms with Crippen LogP contribution < -0.4 is 5.32 Å². The molecule has 2 aromatic rings. The molecule has 1 saturated carbocycles. The summed E-state index contributed by atoms with van der Waals surface area (Å²) >= 11 is 6.19. The van der Waals surface area contributed by atoms with Crippen molar-refractivity contribution in [1.82, 2.24) is 15.1 Å². The van der Waals surface area contributed by atoms with Crippen LogP contribution in [-0.2, 0) is 4.74 Å². The quantitative estimate of drug-likeness (QED) is 0.662. The van der Waals surface area contributed by atoms with Crippen molar-refractivity contribution in [3.05, 3.63) is 41.2 Å². The maximum atomic E-state index is 13.6. The number of nitrogens with one attached hydrogen (secondary N) is 1. The molecule has 1 aliphatic carbocycles. The van der Waals surface area contributed by atoms with Gasteiger partial charge in [-0.25, -0.2) is 4.39 Å². The van der Waals surface area contributed by atoms with E-state index in [-0.39, 0.29) is 11.4 Å². The van der Waals surface area contributed by atoms with E-state index in [9.17, 15) is 4.39 Å². The number of aromatic nitrogens is 2. The number of likely N-dealkylation sites (tertiary alicyclic amines) is 1. The molecule has 4 atom stereocenters. The number of nitrogens with zero attached hydrogens (tertiary/aromatic N) is 3. The maximum absolute atomic E-state index is 13.6. The summed E-state index contributed by atoms with van der Waals surface area (Å²) in [6, 6.07) is 8.48. The fraction of sp³-hybridized carbons (Fsp3) is 0.600. The molecule has 5 nitrogen and oxygen atoms in total. The van der Waals surface area contributed by atoms with E-state index in [4.69, 9.17) is 16.3 Å². The van der Waals surface area contributed by atoms with E-state index in [2.05, 4.69) is 34.3 Å². The first-order valence-electron chi connectivity index (χ1n) is 11.8. The van der Waals surface area contributed by atoms with Crippen molar-refractivity contribution in [2.24, 2.45) is 17.8 Å². The molecular formula is C25H32ClFN4O. The molecule has 172 valence electrons. The Bertz CT molecular complexity index is 939. The first-order chi connectivity index (χ1) is 15.3. The summed E-state index contributed by atoms with van der Waals surface area (Å²) in [6.07, 6.45) is 4.71. The molecule has 1 aromatic heterocycles. The van der Waals surface area contributed by atoms with Gasteiger partial charge in [0.2, 0.25) is 0 Å². The summed E-state index contributed by atoms with van der Waals surface area (Å²) in [5.41, 5.74) is 1.17. The third-order valence-electron chi connectivity index (χ3n) is 7.36. The van der Waals surface area contributed by atoms with Crippen LogP contribution in [0.5, 0.6) is 0 Å². The Hall–Kier alpha value is -1.76. The summed E-state index contributed by atoms with van der Waals surface area (Å²) in [7, 11) is 0. The average molecular weight is 459 g/mol. The lowest BCUT2D eigenvalue weighted by molar-refractivity contribution is -0.0762. The Morgan fingerprint density at radius 3 is 2.62 bits per heavy atom. The molecule has 0 radical (unpaired) electrons. The van der Waals surface area contributed by atoms with Gasteiger partial charge in [0.1, 0.15) is 11.6 Å². The molecule has 32 heavy (non-hydrogen) atoms. The van der Waals surface area contributed by atoms with Crippen molar-refractivity contribution in [1.29, 1.82) is 0 Å². The molecule has 1 N–H and O–H groups in total. The van der Waals surface area contributed by atoms with E-state index in [0.717, 1.165) is 30.2 Å². The molecule has 2 aliphatic heterocycles. The highest BCUT2D eigenvalue weighted by molar-refractivity contribution is 6.33. The Morgan fingerprint density at radius 2 is 1.94 bits per heavy atom. The lowest BCUT2D eigenvalue weighted by atomic mass is 9.88. The zero-order valence-corrected chi connectivity index (χ0v) is 19.6. The molecule has 2 saturated heterocycles. The number of hydrogen-bond donors (Lipinski definition) is 1. The molecule has 3 fully saturated rings. The van der Waals surface area contributed by atoms with Crippen molar-refractivity contribution in [2.45, 2.75) is 51.2 Å². The van der Waals surface area contributed by atoms with Crippen LogP contribution in [0, 0.1) is 23.6 Å². The molecule has 1 aromatic carbocycles. The van der Waals surface area contributed by atoms with Crippen molar-refractivity contribution in [3.63, 3.8) is 0 Å². The van der Waals surface area contributed by atoms with Crippen LogP contribution in [0.2, 0.25) is 5.02 Å². The molecule has 5 rings (SSSR count). The third-order valence-corrected chi connectivity index (χ3v) is 7.69. The van der Waals surface area contributed by atoms with Crippen LogP contribution in [-0.4, -0.2) is 53.0 Å². The van der Waals surface area contributed by atoms with Gasteiger partial charge in [-0.2, -0.15) is 0 Å². The summed E-state index contributed by atoms with van der Waals surface area (Å²) in [6.45, 7) is 8.97. The number of ether oxygens (including phenoxy) is 1. The zero-order valence-electron chi connectivity index (χ0n) is 18.9. The van der Waals surface area contributed by atoms with Gasteiger partial charge in [-0.3, -0.25) is 0 Å². The second-order valence-electron chi connectivity index (χ2n) is 10.4. The van der Waals surface area contributed by atoms with Crippen LogP contribution in [0.15, 0.2) is 30.3 Å². The highest BCUT2D eigenvalue weighted by Gasteiger charge is 2.42. The summed E-state index contributed by atoms with van der Waals surface area (Å²) in [5, 5.41) is 12.6. The van der Waals surface area contributed by atoms with E-state index >= 15 is 0 Å². The highest BCUT2D eigenvalue weighted by Crippen LogP contribution is 2.40. The topological polar surface area (TPSA) is 50.3 Å². The number of anilines is 1. The van der Waals surface area contributed by atoms with Crippen LogP contribution >= 0.6 is 11.6 Å². The van der Waals surface area contributed by atoms with E-state index in [1.165, 1.54) is 57.5 Å². The van der Waals surface area contributed by atoms with Crippen molar-refractivity contribution >= 4 is 17.4 Å². The number of fused-ring (bicyclic) bond motifs is 1. The fourth-order valence-corrected chi connectivity index (χ4v) is 6.21. The van der Waals surface area contributed by atoms with Gasteiger partial charge in [0.25, 0.3) is 0 Å². The molecule has 2 unspecified atom stereocenters. The van der Waals surface area contributed by atoms with Crippen molar-refractivity contribution in [3.8, 4) is 11.3 Å². The second kappa shape index (κ2) is 8.88. The largest absolute Gasteiger partial charge is 0.376 e. The average Bonchev–Trinajstić information content (AvgIpc) is 3.27. The molecule has 0 bridgehead atoms. The van der Waals surface area contributed by atoms with Gasteiger partial charge in [0.15, 0.2) is 0 Å². The molecule has 0 amide bonds. The first-order valence-corrected chi connectivity index (χ1v) is 12.1. The number of benzene rings is 1. The van der Waals surface area contributed by atoms with Crippen LogP contribution in [0.25, 0.3) is 11.3 Å². The standard InChI is InChI=1S/C25H32ClFN4O/c1-25(2)12-16(7-8-32-25)13-31-14-17-9-20(10-18(17)15-31)28-24-6-5-23(29-30-24)21-11-19(27)3-4-22(21)26/h3-6,11,16-18,20H,7-10,12-15H2,1-2H3,(H,28,30)/t16?,17-,18+,20?. The van der Waals surface area contributed by atoms with Crippen LogP contribution in [0.4, 0.5) is 10.2 Å². The fourth-order valence-electron chi connectivity index (χ4n) is 6.00. The van der Waals surface area contributed by atoms with Crippen LogP contribution in [0.1, 0.15) is 39.5 Å². The smallest absolute Gasteiger partial charge is 0.148 e. The van der Waals surface area contributed by atoms with Gasteiger partial charge in [-0.1, -0.05) is 11.6 Å². The predicted octanol–water partition coefficient (Wildman–Crippen LogP) is 5.26. The van der Waals surface area contributed by atoms with E-state index in [0.29, 0.717) is 22.3 Å². The Balaban J connectivity index is 1.13. The number of rotatable bonds is 5. The lowest BCUT2D eigenvalue weighted by Crippen LogP contribution is -2.39. The first kappa shape index (κ1) is 22.1. The molecule has 0 spiro atoms. The van der Waals surface area contributed by atoms with Gasteiger partial charge in [0.05, 0.1) is 16.3 Å². The number of halogens is 2. The minimum absolute atomic E-state index is 0.0319. The summed E-state index contributed by atoms with van der Waals surface area (Å²) in [5.74, 6) is 2.72. The molecular weight excluding hydrogens is 427 g/mol. The minimum Gasteiger partial charge on any atom is -0.376 e. The van der Waals surface area contributed by atoms with E-state index in [1.807, 2.05) is 12.1 Å². The van der Waals surface area contributed by atoms with Crippen LogP contribution in [0.3, 0.4) is 0 Å². The Labute approximate surface area is 194 Å². The Morgan fingerprint density at radius 1 is 1.16 bits per heavy atom. The Kier molecular flexibility index (Phi) is 6.12. The van der Waals surface area contributed by atoms with Gasteiger partial charge in [-0.05, 0) is 87.6 Å². The monoisotopic (exact) mass is 458 g/mol. The van der Waals surface area contributed by atoms with Crippen molar-refractivity contribution in [2.75, 3.05) is 31.6 Å². The predicted molar refractivity (Wildman–Crippen MR) is 125 cm³/mol. The van der Waals surface area contributed by atoms with Crippen molar-refractivity contribution < 1.29 is 9.13 Å². The van der Waals surface area contributed by atoms with Gasteiger partial charge >= 0.3 is 0 Å². The molecule has 7 heteroatoms. The van der Waals surface area contributed by atoms with E-state index in [1.54, 1.807) is 6.07 Å². The molecule has 3 aliphatic rings. The second-order valence-corrected chi connectivity index (χ2v) is 10.9. The summed E-state index contributed by atoms with van der Waals surface area (Å²) < 4.78 is 19.4. The van der Waals surface area contributed by atoms with E-state index < -0.39 is 0 Å². The lowest BCUT2D eigenvalue weighted by Gasteiger charge is -2.37. The van der Waals surface area contributed by atoms with Gasteiger partial charge < -0.3 is 15.0 Å². The molecule has 3 heterocycles. The highest BCUT2D eigenvalue weighted by atomic mass is 35.5. The maximum Gasteiger partial charge on any atom is 0.148 e. The zero-order chi connectivity index (χ0) is 22.3.